The minimum Gasteiger partial charge on any atom is -0.394 e. The van der Waals surface area contributed by atoms with Crippen LogP contribution >= 0.6 is 0 Å². The average Bonchev–Trinajstić information content (AvgIpc) is 3.01. The van der Waals surface area contributed by atoms with Crippen molar-refractivity contribution in [2.45, 2.75) is 100 Å². The first-order valence-electron chi connectivity index (χ1n) is 14.7. The number of allylic oxidation sites excluding steroid dienone is 7. The van der Waals surface area contributed by atoms with Crippen molar-refractivity contribution in [2.75, 3.05) is 0 Å². The summed E-state index contributed by atoms with van der Waals surface area (Å²) >= 11 is 0. The van der Waals surface area contributed by atoms with Crippen molar-refractivity contribution >= 4 is 35.4 Å². The van der Waals surface area contributed by atoms with Crippen LogP contribution in [0.4, 0.5) is 0 Å². The van der Waals surface area contributed by atoms with Crippen LogP contribution in [-0.2, 0) is 70.9 Å². The zero-order valence-corrected chi connectivity index (χ0v) is 33.9. The van der Waals surface area contributed by atoms with Crippen molar-refractivity contribution in [3.05, 3.63) is 72.4 Å². The van der Waals surface area contributed by atoms with E-state index < -0.39 is 29.8 Å². The molecule has 2 aliphatic rings. The van der Waals surface area contributed by atoms with Gasteiger partial charge >= 0.3 is 0 Å². The maximum atomic E-state index is 12.0. The first-order chi connectivity index (χ1) is 20.7. The Balaban J connectivity index is -0.000000196. The van der Waals surface area contributed by atoms with E-state index in [1.54, 1.807) is 44.2 Å². The Hall–Kier alpha value is -2.96. The van der Waals surface area contributed by atoms with Crippen LogP contribution in [0.3, 0.4) is 0 Å². The fourth-order valence-corrected chi connectivity index (χ4v) is 3.13. The molecule has 6 amide bonds. The molecule has 0 aromatic rings. The molecule has 0 bridgehead atoms. The predicted octanol–water partition coefficient (Wildman–Crippen LogP) is 4.26. The van der Waals surface area contributed by atoms with Gasteiger partial charge in [-0.3, -0.25) is 29.8 Å². The Morgan fingerprint density at radius 2 is 1.07 bits per heavy atom. The first-order valence-corrected chi connectivity index (χ1v) is 14.7. The van der Waals surface area contributed by atoms with Crippen LogP contribution < -0.4 is 21.3 Å². The maximum Gasteiger partial charge on any atom is 0.248 e. The third-order valence-corrected chi connectivity index (χ3v) is 4.92. The predicted molar refractivity (Wildman–Crippen MR) is 171 cm³/mol. The van der Waals surface area contributed by atoms with E-state index >= 15 is 0 Å². The molecule has 12 heteroatoms. The Kier molecular flexibility index (Phi) is 38.9. The van der Waals surface area contributed by atoms with Gasteiger partial charge in [0.25, 0.3) is 0 Å². The van der Waals surface area contributed by atoms with Crippen molar-refractivity contribution in [3.8, 4) is 0 Å². The molecule has 0 radical (unpaired) electrons. The van der Waals surface area contributed by atoms with Gasteiger partial charge in [-0.25, -0.2) is 0 Å². The van der Waals surface area contributed by atoms with Crippen LogP contribution in [0.2, 0.25) is 0 Å². The second-order valence-electron chi connectivity index (χ2n) is 7.74. The van der Waals surface area contributed by atoms with E-state index in [2.05, 4.69) is 40.0 Å². The van der Waals surface area contributed by atoms with E-state index in [1.807, 2.05) is 48.5 Å². The van der Waals surface area contributed by atoms with Gasteiger partial charge in [0.2, 0.25) is 23.6 Å². The van der Waals surface area contributed by atoms with Crippen LogP contribution in [0.15, 0.2) is 60.3 Å². The third-order valence-electron chi connectivity index (χ3n) is 4.92. The molecule has 2 rings (SSSR count). The molecule has 0 aliphatic carbocycles. The largest absolute Gasteiger partial charge is 0.394 e. The monoisotopic (exact) mass is 966 g/mol. The van der Waals surface area contributed by atoms with Gasteiger partial charge in [0.1, 0.15) is 11.8 Å². The average molecular weight is 966 g/mol. The number of carbonyl (C=O) groups excluding carboxylic acids is 6. The quantitative estimate of drug-likeness (QED) is 0.124. The molecule has 45 heavy (non-hydrogen) atoms. The van der Waals surface area contributed by atoms with Gasteiger partial charge in [0.05, 0.1) is 12.1 Å². The van der Waals surface area contributed by atoms with Crippen molar-refractivity contribution in [1.82, 2.24) is 21.3 Å². The summed E-state index contributed by atoms with van der Waals surface area (Å²) in [5.41, 5.74) is 0.627. The molecule has 0 aromatic heterocycles. The van der Waals surface area contributed by atoms with Gasteiger partial charge in [-0.15, -0.1) is 42.0 Å². The number of nitrogens with one attached hydrogen (secondary N) is 4. The van der Waals surface area contributed by atoms with E-state index in [4.69, 9.17) is 0 Å². The summed E-state index contributed by atoms with van der Waals surface area (Å²) in [5.74, 6) is -2.35. The van der Waals surface area contributed by atoms with Crippen molar-refractivity contribution in [2.24, 2.45) is 0 Å². The summed E-state index contributed by atoms with van der Waals surface area (Å²) in [6, 6.07) is -1.35. The Morgan fingerprint density at radius 3 is 1.36 bits per heavy atom. The van der Waals surface area contributed by atoms with Crippen molar-refractivity contribution in [3.63, 3.8) is 0 Å². The van der Waals surface area contributed by atoms with Gasteiger partial charge < -0.3 is 20.2 Å². The molecule has 2 saturated heterocycles. The number of rotatable bonds is 8. The molecule has 252 valence electrons. The Labute approximate surface area is 298 Å². The third kappa shape index (κ3) is 23.1. The summed E-state index contributed by atoms with van der Waals surface area (Å²) < 4.78 is 0. The fraction of sp³-hybridized carbons (Fsp3) is 0.455. The molecule has 0 saturated carbocycles. The summed E-state index contributed by atoms with van der Waals surface area (Å²) in [5, 5.41) is 9.52. The van der Waals surface area contributed by atoms with E-state index in [-0.39, 0.29) is 78.3 Å². The molecule has 10 nitrogen and oxygen atoms in total. The number of carbonyl (C=O) groups is 6. The van der Waals surface area contributed by atoms with Crippen LogP contribution in [0, 0.1) is 12.2 Å². The van der Waals surface area contributed by atoms with Crippen LogP contribution in [-0.4, -0.2) is 47.5 Å². The second-order valence-corrected chi connectivity index (χ2v) is 7.74. The number of hydrogen-bond acceptors (Lipinski definition) is 6. The molecular weight excluding hydrogens is 916 g/mol. The topological polar surface area (TPSA) is 151 Å². The Bertz CT molecular complexity index is 1080. The van der Waals surface area contributed by atoms with Gasteiger partial charge in [-0.05, 0) is 19.8 Å². The van der Waals surface area contributed by atoms with Gasteiger partial charge in [-0.2, -0.15) is 24.3 Å². The smallest absolute Gasteiger partial charge is 0.248 e. The van der Waals surface area contributed by atoms with Crippen molar-refractivity contribution in [1.29, 1.82) is 0 Å². The fourth-order valence-electron chi connectivity index (χ4n) is 3.13. The standard InChI is InChI=1S/C14H17N2O3.C13H15N2O3.3C2H6.2W/c1-3-5-7-10(6-4-2)13(18)15-11-8-9-12(17)16-14(11)19;1-3-5-9(6-4-2)12(17)14-10-7-8-11(16)15-13(10)18;3*1-2;;/h3-5,7,11H,8-9H2,1-2H3,(H,15,18)(H,16,17,19);3-5,10H,1,7-8H2,2H3,(H,14,17)(H,15,16,18);3*1-2H3;;/q2*-1;;;;;/b5-3-,10-7+;9-5+;;;;;. The molecule has 2 heterocycles. The van der Waals surface area contributed by atoms with E-state index in [1.165, 1.54) is 12.2 Å². The summed E-state index contributed by atoms with van der Waals surface area (Å²) in [6.07, 6.45) is 18.0. The van der Waals surface area contributed by atoms with Crippen LogP contribution in [0.5, 0.6) is 0 Å². The van der Waals surface area contributed by atoms with E-state index in [0.717, 1.165) is 0 Å². The summed E-state index contributed by atoms with van der Waals surface area (Å²) in [4.78, 5) is 68.8. The molecule has 2 aliphatic heterocycles. The molecule has 0 aromatic carbocycles. The maximum absolute atomic E-state index is 12.0. The first kappa shape index (κ1) is 51.6. The molecule has 0 spiro atoms. The van der Waals surface area contributed by atoms with Gasteiger partial charge in [0.15, 0.2) is 0 Å². The van der Waals surface area contributed by atoms with Gasteiger partial charge in [0, 0.05) is 55.0 Å². The number of amides is 6. The minimum atomic E-state index is -0.679. The van der Waals surface area contributed by atoms with E-state index in [0.29, 0.717) is 18.4 Å². The van der Waals surface area contributed by atoms with Crippen LogP contribution in [0.1, 0.15) is 88.0 Å². The SMILES string of the molecule is C=C/C=C(\[C-]=CC)C(=O)NC1CCC(=O)NC1=O.CC.CC.CC.CC=[C-]/C(=C\C=C/C)C(=O)NC1CCC(=O)NC1=O.[W].[W]. The molecule has 2 fully saturated rings. The molecular formula is C33H50N4O6W2-2. The summed E-state index contributed by atoms with van der Waals surface area (Å²) in [7, 11) is 0. The van der Waals surface area contributed by atoms with Crippen molar-refractivity contribution < 1.29 is 70.9 Å². The van der Waals surface area contributed by atoms with Gasteiger partial charge in [-0.1, -0.05) is 61.5 Å². The summed E-state index contributed by atoms with van der Waals surface area (Å²) in [6.45, 7) is 20.8. The number of hydrogen-bond donors (Lipinski definition) is 4. The number of piperidine rings is 2. The second kappa shape index (κ2) is 33.9. The molecule has 2 unspecified atom stereocenters. The Morgan fingerprint density at radius 1 is 0.711 bits per heavy atom. The van der Waals surface area contributed by atoms with Crippen LogP contribution in [0.25, 0.3) is 0 Å². The number of imide groups is 2. The molecule has 4 N–H and O–H groups in total. The van der Waals surface area contributed by atoms with E-state index in [9.17, 15) is 28.8 Å². The normalized spacial score (nSPS) is 17.5. The zero-order chi connectivity index (χ0) is 33.8. The molecule has 2 atom stereocenters. The zero-order valence-electron chi connectivity index (χ0n) is 28.0. The minimum absolute atomic E-state index is 0.